The molecule has 0 aromatic heterocycles. The maximum atomic E-state index is 13.3. The van der Waals surface area contributed by atoms with Crippen molar-refractivity contribution in [1.82, 2.24) is 0 Å². The van der Waals surface area contributed by atoms with Crippen molar-refractivity contribution < 1.29 is 63.9 Å². The van der Waals surface area contributed by atoms with Crippen LogP contribution in [0.2, 0.25) is 0 Å². The summed E-state index contributed by atoms with van der Waals surface area (Å²) in [6.45, 7) is 6.92. The van der Waals surface area contributed by atoms with Crippen LogP contribution in [0, 0.1) is 0 Å². The number of fused-ring (bicyclic) bond motifs is 4. The lowest BCUT2D eigenvalue weighted by Gasteiger charge is -2.44. The van der Waals surface area contributed by atoms with Crippen molar-refractivity contribution in [2.45, 2.75) is 145 Å². The molecule has 0 amide bonds. The van der Waals surface area contributed by atoms with Crippen LogP contribution in [0.15, 0.2) is 29.8 Å². The smallest absolute Gasteiger partial charge is 0.169 e. The van der Waals surface area contributed by atoms with Crippen LogP contribution in [-0.2, 0) is 28.5 Å². The van der Waals surface area contributed by atoms with E-state index >= 15 is 0 Å². The third-order valence-electron chi connectivity index (χ3n) is 11.1. The van der Waals surface area contributed by atoms with E-state index in [1.54, 1.807) is 45.9 Å². The van der Waals surface area contributed by atoms with Gasteiger partial charge in [-0.3, -0.25) is 9.59 Å². The number of hydrogen-bond acceptors (Lipinski definition) is 13. The van der Waals surface area contributed by atoms with Gasteiger partial charge in [0, 0.05) is 31.2 Å². The maximum absolute atomic E-state index is 13.3. The molecule has 5 aliphatic rings. The molecule has 2 aromatic carbocycles. The second-order valence-electron chi connectivity index (χ2n) is 14.8. The fourth-order valence-electron chi connectivity index (χ4n) is 8.58. The van der Waals surface area contributed by atoms with E-state index in [0.29, 0.717) is 23.8 Å². The lowest BCUT2D eigenvalue weighted by atomic mass is 9.64. The van der Waals surface area contributed by atoms with Gasteiger partial charge in [-0.1, -0.05) is 17.7 Å². The topological polar surface area (TPSA) is 202 Å². The number of rotatable bonds is 5. The Morgan fingerprint density at radius 1 is 0.820 bits per heavy atom. The zero-order valence-electron chi connectivity index (χ0n) is 28.5. The van der Waals surface area contributed by atoms with Crippen molar-refractivity contribution in [2.75, 3.05) is 0 Å². The molecule has 0 spiro atoms. The predicted molar refractivity (Wildman–Crippen MR) is 175 cm³/mol. The molecule has 3 fully saturated rings. The number of aliphatic hydroxyl groups excluding tert-OH is 3. The number of benzene rings is 2. The molecule has 272 valence electrons. The van der Waals surface area contributed by atoms with Gasteiger partial charge in [-0.25, -0.2) is 0 Å². The van der Waals surface area contributed by atoms with Gasteiger partial charge in [-0.15, -0.1) is 0 Å². The Labute approximate surface area is 289 Å². The Kier molecular flexibility index (Phi) is 9.36. The summed E-state index contributed by atoms with van der Waals surface area (Å²) in [7, 11) is 0. The van der Waals surface area contributed by atoms with Crippen LogP contribution in [0.4, 0.5) is 0 Å². The van der Waals surface area contributed by atoms with Gasteiger partial charge in [0.2, 0.25) is 0 Å². The molecule has 3 heterocycles. The molecule has 0 bridgehead atoms. The zero-order chi connectivity index (χ0) is 35.8. The standard InChI is InChI=1S/C37H46O13/c1-15-9-23(39)32-21-10-19-5-6-20(34(43)30(19)35(44)31(21)25(41)14-37(32,45)13-15)26-11-24(40)36(18(4)46-26)50-29-12-27(33(42)17(3)48-29)49-28-8-7-22(38)16(2)47-28/h5-6,9-10,16-18,22,24,26-29,32-33,36,38,40,42-45H,7-8,11-14H2,1-4H3. The Balaban J connectivity index is 1.08. The number of Topliss-reactive ketones (excluding diaryl/α,β-unsaturated/α-hetero) is 1. The first kappa shape index (κ1) is 35.4. The van der Waals surface area contributed by atoms with E-state index < -0.39 is 90.6 Å². The van der Waals surface area contributed by atoms with E-state index in [1.807, 2.05) is 0 Å². The van der Waals surface area contributed by atoms with Crippen LogP contribution >= 0.6 is 0 Å². The van der Waals surface area contributed by atoms with Crippen molar-refractivity contribution in [3.05, 3.63) is 46.5 Å². The van der Waals surface area contributed by atoms with E-state index in [0.717, 1.165) is 0 Å². The van der Waals surface area contributed by atoms with Gasteiger partial charge in [0.15, 0.2) is 24.1 Å². The van der Waals surface area contributed by atoms with Crippen LogP contribution in [-0.4, -0.2) is 109 Å². The molecule has 7 rings (SSSR count). The number of aliphatic hydroxyl groups is 4. The number of carbonyl (C=O) groups is 2. The molecule has 13 unspecified atom stereocenters. The molecule has 2 aliphatic carbocycles. The predicted octanol–water partition coefficient (Wildman–Crippen LogP) is 2.93. The summed E-state index contributed by atoms with van der Waals surface area (Å²) in [5, 5.41) is 66.8. The van der Waals surface area contributed by atoms with Crippen molar-refractivity contribution >= 4 is 22.3 Å². The van der Waals surface area contributed by atoms with E-state index in [1.165, 1.54) is 6.08 Å². The highest BCUT2D eigenvalue weighted by Crippen LogP contribution is 2.52. The number of carbonyl (C=O) groups excluding carboxylic acids is 2. The summed E-state index contributed by atoms with van der Waals surface area (Å²) in [4.78, 5) is 26.4. The summed E-state index contributed by atoms with van der Waals surface area (Å²) < 4.78 is 30.3. The minimum atomic E-state index is -1.59. The summed E-state index contributed by atoms with van der Waals surface area (Å²) >= 11 is 0. The minimum Gasteiger partial charge on any atom is -0.507 e. The highest BCUT2D eigenvalue weighted by molar-refractivity contribution is 6.13. The van der Waals surface area contributed by atoms with Gasteiger partial charge in [0.25, 0.3) is 0 Å². The van der Waals surface area contributed by atoms with Gasteiger partial charge >= 0.3 is 0 Å². The summed E-state index contributed by atoms with van der Waals surface area (Å²) in [6.07, 6.45) is -5.60. The second-order valence-corrected chi connectivity index (χ2v) is 14.8. The van der Waals surface area contributed by atoms with Gasteiger partial charge in [0.05, 0.1) is 65.2 Å². The Hall–Kier alpha value is -2.98. The molecular weight excluding hydrogens is 652 g/mol. The summed E-state index contributed by atoms with van der Waals surface area (Å²) in [6, 6.07) is 4.82. The fourth-order valence-corrected chi connectivity index (χ4v) is 8.58. The van der Waals surface area contributed by atoms with E-state index in [9.17, 15) is 40.2 Å². The SMILES string of the molecule is CC1=CC(=O)C2c3cc4ccc(C5CC(O)C(OC6CC(OC7CCC(O)C(C)O7)C(O)C(C)O6)C(C)O5)c(O)c4c(O)c3C(=O)CC2(O)C1. The maximum Gasteiger partial charge on any atom is 0.169 e. The lowest BCUT2D eigenvalue weighted by molar-refractivity contribution is -0.318. The van der Waals surface area contributed by atoms with Crippen LogP contribution in [0.1, 0.15) is 99.7 Å². The first-order chi connectivity index (χ1) is 23.6. The van der Waals surface area contributed by atoms with Crippen molar-refractivity contribution in [3.8, 4) is 11.5 Å². The molecule has 0 saturated carbocycles. The molecule has 13 atom stereocenters. The van der Waals surface area contributed by atoms with Crippen molar-refractivity contribution in [2.24, 2.45) is 0 Å². The van der Waals surface area contributed by atoms with Gasteiger partial charge < -0.3 is 54.3 Å². The quantitative estimate of drug-likeness (QED) is 0.267. The molecule has 13 heteroatoms. The van der Waals surface area contributed by atoms with Crippen LogP contribution < -0.4 is 0 Å². The average Bonchev–Trinajstić information content (AvgIpc) is 3.02. The Morgan fingerprint density at radius 2 is 1.56 bits per heavy atom. The molecule has 50 heavy (non-hydrogen) atoms. The number of aromatic hydroxyl groups is 2. The molecule has 2 aromatic rings. The zero-order valence-corrected chi connectivity index (χ0v) is 28.5. The van der Waals surface area contributed by atoms with Gasteiger partial charge in [0.1, 0.15) is 23.7 Å². The number of hydrogen-bond donors (Lipinski definition) is 6. The van der Waals surface area contributed by atoms with Gasteiger partial charge in [-0.2, -0.15) is 0 Å². The van der Waals surface area contributed by atoms with Crippen LogP contribution in [0.25, 0.3) is 10.8 Å². The van der Waals surface area contributed by atoms with Crippen LogP contribution in [0.3, 0.4) is 0 Å². The normalized spacial score (nSPS) is 40.7. The van der Waals surface area contributed by atoms with E-state index in [2.05, 4.69) is 0 Å². The molecule has 3 aliphatic heterocycles. The van der Waals surface area contributed by atoms with Gasteiger partial charge in [-0.05, 0) is 63.6 Å². The first-order valence-corrected chi connectivity index (χ1v) is 17.4. The largest absolute Gasteiger partial charge is 0.507 e. The minimum absolute atomic E-state index is 0.0131. The molecular formula is C37H46O13. The average molecular weight is 699 g/mol. The third kappa shape index (κ3) is 6.16. The fraction of sp³-hybridized carbons (Fsp3) is 0.622. The Morgan fingerprint density at radius 3 is 2.28 bits per heavy atom. The van der Waals surface area contributed by atoms with E-state index in [-0.39, 0.29) is 59.3 Å². The van der Waals surface area contributed by atoms with Crippen LogP contribution in [0.5, 0.6) is 11.5 Å². The number of allylic oxidation sites excluding steroid dienone is 1. The molecule has 13 nitrogen and oxygen atoms in total. The van der Waals surface area contributed by atoms with E-state index in [4.69, 9.17) is 23.7 Å². The second kappa shape index (κ2) is 13.2. The van der Waals surface area contributed by atoms with Crippen molar-refractivity contribution in [1.29, 1.82) is 0 Å². The first-order valence-electron chi connectivity index (χ1n) is 17.4. The molecule has 6 N–H and O–H groups in total. The summed E-state index contributed by atoms with van der Waals surface area (Å²) in [5.41, 5.74) is -0.497. The lowest BCUT2D eigenvalue weighted by Crippen LogP contribution is -2.54. The Bertz CT molecular complexity index is 1690. The number of ether oxygens (including phenoxy) is 5. The molecule has 3 saturated heterocycles. The molecule has 0 radical (unpaired) electrons. The highest BCUT2D eigenvalue weighted by Gasteiger charge is 2.52. The monoisotopic (exact) mass is 698 g/mol. The third-order valence-corrected chi connectivity index (χ3v) is 11.1. The highest BCUT2D eigenvalue weighted by atomic mass is 16.7. The number of phenols is 2. The number of phenolic OH excluding ortho intramolecular Hbond substituents is 2. The number of ketones is 2. The van der Waals surface area contributed by atoms with Crippen molar-refractivity contribution in [3.63, 3.8) is 0 Å². The summed E-state index contributed by atoms with van der Waals surface area (Å²) in [5.74, 6) is -2.69.